The third-order valence-corrected chi connectivity index (χ3v) is 3.77. The molecule has 1 saturated heterocycles. The molecule has 0 amide bonds. The van der Waals surface area contributed by atoms with Crippen molar-refractivity contribution in [3.05, 3.63) is 30.1 Å². The van der Waals surface area contributed by atoms with E-state index in [1.807, 2.05) is 18.5 Å². The minimum absolute atomic E-state index is 0.577. The summed E-state index contributed by atoms with van der Waals surface area (Å²) in [7, 11) is 0. The molecule has 2 atom stereocenters. The number of aromatic nitrogens is 1. The van der Waals surface area contributed by atoms with Crippen LogP contribution in [0.15, 0.2) is 24.5 Å². The predicted octanol–water partition coefficient (Wildman–Crippen LogP) is 0.935. The summed E-state index contributed by atoms with van der Waals surface area (Å²) in [6.07, 6.45) is 3.79. The first-order valence-corrected chi connectivity index (χ1v) is 6.77. The number of pyridine rings is 1. The highest BCUT2D eigenvalue weighted by Gasteiger charge is 2.28. The Hall–Kier alpha value is -0.970. The van der Waals surface area contributed by atoms with Crippen LogP contribution >= 0.6 is 0 Å². The van der Waals surface area contributed by atoms with Crippen LogP contribution in [-0.4, -0.2) is 53.0 Å². The van der Waals surface area contributed by atoms with Crippen molar-refractivity contribution < 1.29 is 0 Å². The highest BCUT2D eigenvalue weighted by atomic mass is 15.3. The van der Waals surface area contributed by atoms with Crippen molar-refractivity contribution in [2.45, 2.75) is 32.5 Å². The Morgan fingerprint density at radius 1 is 1.28 bits per heavy atom. The molecule has 0 radical (unpaired) electrons. The molecule has 1 aromatic heterocycles. The second kappa shape index (κ2) is 6.27. The van der Waals surface area contributed by atoms with Crippen molar-refractivity contribution in [1.29, 1.82) is 0 Å². The number of hydrogen-bond acceptors (Lipinski definition) is 4. The largest absolute Gasteiger partial charge is 0.329 e. The van der Waals surface area contributed by atoms with Gasteiger partial charge in [-0.3, -0.25) is 14.8 Å². The van der Waals surface area contributed by atoms with Gasteiger partial charge in [0.05, 0.1) is 0 Å². The van der Waals surface area contributed by atoms with Crippen LogP contribution in [-0.2, 0) is 6.54 Å². The first-order valence-electron chi connectivity index (χ1n) is 6.77. The highest BCUT2D eigenvalue weighted by Crippen LogP contribution is 2.17. The standard InChI is InChI=1S/C14H24N4/c1-12-10-18(11-14-4-3-6-16-8-14)13(2)9-17(12)7-5-15/h3-4,6,8,12-13H,5,7,9-11,15H2,1-2H3/t12-,13+/m0/s1. The van der Waals surface area contributed by atoms with E-state index < -0.39 is 0 Å². The van der Waals surface area contributed by atoms with Gasteiger partial charge in [0.15, 0.2) is 0 Å². The topological polar surface area (TPSA) is 45.4 Å². The number of nitrogens with zero attached hydrogens (tertiary/aromatic N) is 3. The number of nitrogens with two attached hydrogens (primary N) is 1. The molecule has 0 bridgehead atoms. The Morgan fingerprint density at radius 3 is 2.67 bits per heavy atom. The van der Waals surface area contributed by atoms with Crippen LogP contribution in [0.2, 0.25) is 0 Å². The number of piperazine rings is 1. The SMILES string of the molecule is C[C@@H]1CN(CCN)[C@@H](C)CN1Cc1cccnc1. The van der Waals surface area contributed by atoms with Gasteiger partial charge in [-0.1, -0.05) is 6.07 Å². The zero-order chi connectivity index (χ0) is 13.0. The summed E-state index contributed by atoms with van der Waals surface area (Å²) < 4.78 is 0. The van der Waals surface area contributed by atoms with Crippen LogP contribution in [0.4, 0.5) is 0 Å². The van der Waals surface area contributed by atoms with Crippen molar-refractivity contribution in [2.24, 2.45) is 5.73 Å². The lowest BCUT2D eigenvalue weighted by atomic mass is 10.1. The Bertz CT molecular complexity index is 354. The summed E-state index contributed by atoms with van der Waals surface area (Å²) in [6, 6.07) is 5.32. The van der Waals surface area contributed by atoms with Crippen molar-refractivity contribution in [3.63, 3.8) is 0 Å². The fraction of sp³-hybridized carbons (Fsp3) is 0.643. The first kappa shape index (κ1) is 13.5. The van der Waals surface area contributed by atoms with E-state index in [2.05, 4.69) is 34.7 Å². The molecule has 2 N–H and O–H groups in total. The summed E-state index contributed by atoms with van der Waals surface area (Å²) in [5.74, 6) is 0. The van der Waals surface area contributed by atoms with Gasteiger partial charge in [-0.2, -0.15) is 0 Å². The molecule has 0 aliphatic carbocycles. The molecular formula is C14H24N4. The molecule has 0 spiro atoms. The van der Waals surface area contributed by atoms with E-state index in [-0.39, 0.29) is 0 Å². The lowest BCUT2D eigenvalue weighted by Crippen LogP contribution is -2.56. The van der Waals surface area contributed by atoms with Crippen LogP contribution in [0.1, 0.15) is 19.4 Å². The molecule has 2 rings (SSSR count). The van der Waals surface area contributed by atoms with E-state index in [1.54, 1.807) is 0 Å². The van der Waals surface area contributed by atoms with E-state index in [4.69, 9.17) is 5.73 Å². The van der Waals surface area contributed by atoms with Gasteiger partial charge in [0.1, 0.15) is 0 Å². The molecule has 0 saturated carbocycles. The molecule has 1 aliphatic heterocycles. The quantitative estimate of drug-likeness (QED) is 0.861. The molecule has 2 heterocycles. The molecule has 100 valence electrons. The van der Waals surface area contributed by atoms with E-state index in [1.165, 1.54) is 5.56 Å². The van der Waals surface area contributed by atoms with E-state index in [0.717, 1.165) is 32.7 Å². The molecule has 18 heavy (non-hydrogen) atoms. The average molecular weight is 248 g/mol. The van der Waals surface area contributed by atoms with Crippen molar-refractivity contribution in [3.8, 4) is 0 Å². The molecule has 4 heteroatoms. The van der Waals surface area contributed by atoms with Crippen LogP contribution < -0.4 is 5.73 Å². The molecular weight excluding hydrogens is 224 g/mol. The third-order valence-electron chi connectivity index (χ3n) is 3.77. The van der Waals surface area contributed by atoms with E-state index in [9.17, 15) is 0 Å². The second-order valence-corrected chi connectivity index (χ2v) is 5.27. The maximum absolute atomic E-state index is 5.66. The minimum Gasteiger partial charge on any atom is -0.329 e. The number of hydrogen-bond donors (Lipinski definition) is 1. The Kier molecular flexibility index (Phi) is 4.69. The summed E-state index contributed by atoms with van der Waals surface area (Å²) in [5.41, 5.74) is 6.96. The molecule has 0 aromatic carbocycles. The average Bonchev–Trinajstić information content (AvgIpc) is 2.37. The highest BCUT2D eigenvalue weighted by molar-refractivity contribution is 5.08. The van der Waals surface area contributed by atoms with Crippen molar-refractivity contribution in [1.82, 2.24) is 14.8 Å². The van der Waals surface area contributed by atoms with Crippen LogP contribution in [0.25, 0.3) is 0 Å². The number of rotatable bonds is 4. The lowest BCUT2D eigenvalue weighted by Gasteiger charge is -2.44. The van der Waals surface area contributed by atoms with E-state index >= 15 is 0 Å². The lowest BCUT2D eigenvalue weighted by molar-refractivity contribution is 0.0397. The summed E-state index contributed by atoms with van der Waals surface area (Å²) in [4.78, 5) is 9.21. The Labute approximate surface area is 110 Å². The summed E-state index contributed by atoms with van der Waals surface area (Å²) in [6.45, 7) is 9.56. The summed E-state index contributed by atoms with van der Waals surface area (Å²) in [5, 5.41) is 0. The smallest absolute Gasteiger partial charge is 0.0312 e. The predicted molar refractivity (Wildman–Crippen MR) is 74.2 cm³/mol. The normalized spacial score (nSPS) is 26.4. The van der Waals surface area contributed by atoms with Gasteiger partial charge in [0.25, 0.3) is 0 Å². The van der Waals surface area contributed by atoms with Gasteiger partial charge in [0, 0.05) is 57.2 Å². The van der Waals surface area contributed by atoms with Crippen molar-refractivity contribution in [2.75, 3.05) is 26.2 Å². The molecule has 0 unspecified atom stereocenters. The minimum atomic E-state index is 0.577. The molecule has 1 aliphatic rings. The Balaban J connectivity index is 1.95. The van der Waals surface area contributed by atoms with Crippen LogP contribution in [0, 0.1) is 0 Å². The maximum atomic E-state index is 5.66. The fourth-order valence-corrected chi connectivity index (χ4v) is 2.69. The van der Waals surface area contributed by atoms with Gasteiger partial charge < -0.3 is 5.73 Å². The fourth-order valence-electron chi connectivity index (χ4n) is 2.69. The summed E-state index contributed by atoms with van der Waals surface area (Å²) >= 11 is 0. The molecule has 4 nitrogen and oxygen atoms in total. The van der Waals surface area contributed by atoms with Crippen LogP contribution in [0.5, 0.6) is 0 Å². The van der Waals surface area contributed by atoms with Gasteiger partial charge in [0.2, 0.25) is 0 Å². The van der Waals surface area contributed by atoms with Crippen LogP contribution in [0.3, 0.4) is 0 Å². The zero-order valence-electron chi connectivity index (χ0n) is 11.4. The molecule has 1 fully saturated rings. The van der Waals surface area contributed by atoms with Crippen molar-refractivity contribution >= 4 is 0 Å². The van der Waals surface area contributed by atoms with Gasteiger partial charge in [-0.15, -0.1) is 0 Å². The maximum Gasteiger partial charge on any atom is 0.0312 e. The zero-order valence-corrected chi connectivity index (χ0v) is 11.4. The third kappa shape index (κ3) is 3.28. The van der Waals surface area contributed by atoms with Gasteiger partial charge in [-0.25, -0.2) is 0 Å². The van der Waals surface area contributed by atoms with Gasteiger partial charge >= 0.3 is 0 Å². The van der Waals surface area contributed by atoms with E-state index in [0.29, 0.717) is 12.1 Å². The molecule has 1 aromatic rings. The first-order chi connectivity index (χ1) is 8.70. The second-order valence-electron chi connectivity index (χ2n) is 5.27. The van der Waals surface area contributed by atoms with Gasteiger partial charge in [-0.05, 0) is 25.5 Å². The monoisotopic (exact) mass is 248 g/mol. The Morgan fingerprint density at radius 2 is 2.00 bits per heavy atom.